The van der Waals surface area contributed by atoms with Crippen molar-refractivity contribution in [2.75, 3.05) is 23.7 Å². The lowest BCUT2D eigenvalue weighted by atomic mass is 9.98. The first-order valence-corrected chi connectivity index (χ1v) is 9.50. The number of carbonyl (C=O) groups excluding carboxylic acids is 2. The molecule has 0 radical (unpaired) electrons. The number of rotatable bonds is 3. The summed E-state index contributed by atoms with van der Waals surface area (Å²) < 4.78 is 0. The van der Waals surface area contributed by atoms with Crippen molar-refractivity contribution < 1.29 is 9.59 Å². The van der Waals surface area contributed by atoms with E-state index in [0.29, 0.717) is 5.37 Å². The first-order chi connectivity index (χ1) is 11.1. The van der Waals surface area contributed by atoms with Crippen LogP contribution >= 0.6 is 11.8 Å². The van der Waals surface area contributed by atoms with Gasteiger partial charge in [0.25, 0.3) is 5.91 Å². The maximum atomic E-state index is 12.9. The minimum atomic E-state index is 0.0731. The van der Waals surface area contributed by atoms with Crippen LogP contribution in [0.2, 0.25) is 0 Å². The molecule has 1 aromatic rings. The number of fused-ring (bicyclic) bond motifs is 1. The van der Waals surface area contributed by atoms with Crippen LogP contribution < -0.4 is 4.90 Å². The second kappa shape index (κ2) is 6.95. The van der Waals surface area contributed by atoms with Crippen LogP contribution in [-0.4, -0.2) is 40.9 Å². The molecular formula is C18H24N2O2S. The number of carbonyl (C=O) groups is 2. The molecule has 0 unspecified atom stereocenters. The Labute approximate surface area is 142 Å². The SMILES string of the molecule is CCC[C@@H]1SCCN1C(=O)c1ccc2c(c1)CCCN2C(C)=O. The maximum Gasteiger partial charge on any atom is 0.254 e. The first kappa shape index (κ1) is 16.4. The van der Waals surface area contributed by atoms with Crippen LogP contribution in [0.3, 0.4) is 0 Å². The van der Waals surface area contributed by atoms with E-state index in [-0.39, 0.29) is 11.8 Å². The Morgan fingerprint density at radius 1 is 1.30 bits per heavy atom. The highest BCUT2D eigenvalue weighted by molar-refractivity contribution is 8.00. The zero-order valence-corrected chi connectivity index (χ0v) is 14.7. The molecule has 0 aromatic heterocycles. The van der Waals surface area contributed by atoms with Crippen molar-refractivity contribution in [1.29, 1.82) is 0 Å². The van der Waals surface area contributed by atoms with Gasteiger partial charge in [-0.05, 0) is 43.0 Å². The molecule has 1 fully saturated rings. The standard InChI is InChI=1S/C18H24N2O2S/c1-3-5-17-20(10-11-23-17)18(22)15-7-8-16-14(12-15)6-4-9-19(16)13(2)21/h7-8,12,17H,3-6,9-11H2,1-2H3/t17-/m0/s1. The molecule has 3 rings (SSSR count). The van der Waals surface area contributed by atoms with Crippen LogP contribution in [0.15, 0.2) is 18.2 Å². The number of amides is 2. The molecule has 2 aliphatic heterocycles. The predicted molar refractivity (Wildman–Crippen MR) is 95.0 cm³/mol. The van der Waals surface area contributed by atoms with Gasteiger partial charge < -0.3 is 9.80 Å². The van der Waals surface area contributed by atoms with Crippen LogP contribution in [0.4, 0.5) is 5.69 Å². The van der Waals surface area contributed by atoms with E-state index in [9.17, 15) is 9.59 Å². The van der Waals surface area contributed by atoms with Crippen LogP contribution in [0, 0.1) is 0 Å². The Morgan fingerprint density at radius 2 is 2.13 bits per heavy atom. The van der Waals surface area contributed by atoms with E-state index in [2.05, 4.69) is 6.92 Å². The summed E-state index contributed by atoms with van der Waals surface area (Å²) in [5.41, 5.74) is 2.86. The van der Waals surface area contributed by atoms with Gasteiger partial charge in [0.1, 0.15) is 0 Å². The number of benzene rings is 1. The maximum absolute atomic E-state index is 12.9. The number of aryl methyl sites for hydroxylation is 1. The van der Waals surface area contributed by atoms with Gasteiger partial charge in [0.05, 0.1) is 5.37 Å². The number of anilines is 1. The highest BCUT2D eigenvalue weighted by Gasteiger charge is 2.30. The van der Waals surface area contributed by atoms with Crippen LogP contribution in [0.1, 0.15) is 49.0 Å². The second-order valence-electron chi connectivity index (χ2n) is 6.23. The van der Waals surface area contributed by atoms with E-state index >= 15 is 0 Å². The van der Waals surface area contributed by atoms with Gasteiger partial charge >= 0.3 is 0 Å². The average molecular weight is 332 g/mol. The summed E-state index contributed by atoms with van der Waals surface area (Å²) >= 11 is 1.88. The lowest BCUT2D eigenvalue weighted by Crippen LogP contribution is -2.36. The highest BCUT2D eigenvalue weighted by Crippen LogP contribution is 2.32. The van der Waals surface area contributed by atoms with E-state index in [1.54, 1.807) is 6.92 Å². The molecule has 1 aromatic carbocycles. The van der Waals surface area contributed by atoms with Gasteiger partial charge in [0, 0.05) is 37.0 Å². The first-order valence-electron chi connectivity index (χ1n) is 8.45. The Morgan fingerprint density at radius 3 is 2.87 bits per heavy atom. The van der Waals surface area contributed by atoms with Gasteiger partial charge in [-0.2, -0.15) is 0 Å². The molecule has 124 valence electrons. The fourth-order valence-corrected chi connectivity index (χ4v) is 4.82. The normalized spacial score (nSPS) is 20.5. The lowest BCUT2D eigenvalue weighted by molar-refractivity contribution is -0.116. The molecule has 23 heavy (non-hydrogen) atoms. The summed E-state index contributed by atoms with van der Waals surface area (Å²) in [6, 6.07) is 5.83. The smallest absolute Gasteiger partial charge is 0.254 e. The fourth-order valence-electron chi connectivity index (χ4n) is 3.46. The van der Waals surface area contributed by atoms with Gasteiger partial charge in [-0.25, -0.2) is 0 Å². The lowest BCUT2D eigenvalue weighted by Gasteiger charge is -2.29. The third-order valence-electron chi connectivity index (χ3n) is 4.61. The zero-order valence-electron chi connectivity index (χ0n) is 13.9. The molecule has 0 bridgehead atoms. The van der Waals surface area contributed by atoms with Crippen molar-refractivity contribution >= 4 is 29.3 Å². The summed E-state index contributed by atoms with van der Waals surface area (Å²) in [7, 11) is 0. The molecule has 2 aliphatic rings. The quantitative estimate of drug-likeness (QED) is 0.853. The van der Waals surface area contributed by atoms with Crippen molar-refractivity contribution in [3.63, 3.8) is 0 Å². The summed E-state index contributed by atoms with van der Waals surface area (Å²) in [6.07, 6.45) is 4.05. The topological polar surface area (TPSA) is 40.6 Å². The molecule has 1 saturated heterocycles. The van der Waals surface area contributed by atoms with Gasteiger partial charge in [0.2, 0.25) is 5.91 Å². The van der Waals surface area contributed by atoms with Gasteiger partial charge in [-0.3, -0.25) is 9.59 Å². The third kappa shape index (κ3) is 3.25. The number of hydrogen-bond donors (Lipinski definition) is 0. The summed E-state index contributed by atoms with van der Waals surface area (Å²) in [5, 5.41) is 0.317. The van der Waals surface area contributed by atoms with E-state index < -0.39 is 0 Å². The minimum Gasteiger partial charge on any atom is -0.326 e. The van der Waals surface area contributed by atoms with Gasteiger partial charge in [-0.1, -0.05) is 13.3 Å². The Kier molecular flexibility index (Phi) is 4.95. The van der Waals surface area contributed by atoms with Crippen molar-refractivity contribution in [3.8, 4) is 0 Å². The van der Waals surface area contributed by atoms with Crippen LogP contribution in [0.25, 0.3) is 0 Å². The van der Waals surface area contributed by atoms with Gasteiger partial charge in [-0.15, -0.1) is 11.8 Å². The molecule has 1 atom stereocenters. The van der Waals surface area contributed by atoms with Crippen molar-refractivity contribution in [1.82, 2.24) is 4.90 Å². The van der Waals surface area contributed by atoms with Crippen molar-refractivity contribution in [3.05, 3.63) is 29.3 Å². The van der Waals surface area contributed by atoms with E-state index in [1.807, 2.05) is 39.8 Å². The Hall–Kier alpha value is -1.49. The largest absolute Gasteiger partial charge is 0.326 e. The molecule has 4 nitrogen and oxygen atoms in total. The number of hydrogen-bond acceptors (Lipinski definition) is 3. The molecule has 2 heterocycles. The zero-order chi connectivity index (χ0) is 16.4. The van der Waals surface area contributed by atoms with Crippen molar-refractivity contribution in [2.24, 2.45) is 0 Å². The van der Waals surface area contributed by atoms with E-state index in [4.69, 9.17) is 0 Å². The summed E-state index contributed by atoms with van der Waals surface area (Å²) in [5.74, 6) is 1.24. The third-order valence-corrected chi connectivity index (χ3v) is 5.90. The summed E-state index contributed by atoms with van der Waals surface area (Å²) in [4.78, 5) is 28.5. The molecule has 0 saturated carbocycles. The second-order valence-corrected chi connectivity index (χ2v) is 7.52. The Balaban J connectivity index is 1.84. The molecule has 0 spiro atoms. The Bertz CT molecular complexity index is 617. The van der Waals surface area contributed by atoms with Crippen molar-refractivity contribution in [2.45, 2.75) is 44.9 Å². The monoisotopic (exact) mass is 332 g/mol. The molecule has 0 aliphatic carbocycles. The van der Waals surface area contributed by atoms with Crippen LogP contribution in [-0.2, 0) is 11.2 Å². The minimum absolute atomic E-state index is 0.0731. The van der Waals surface area contributed by atoms with Crippen LogP contribution in [0.5, 0.6) is 0 Å². The highest BCUT2D eigenvalue weighted by atomic mass is 32.2. The molecule has 5 heteroatoms. The predicted octanol–water partition coefficient (Wildman–Crippen LogP) is 3.30. The molecule has 0 N–H and O–H groups in total. The molecular weight excluding hydrogens is 308 g/mol. The average Bonchev–Trinajstić information content (AvgIpc) is 3.01. The number of nitrogens with zero attached hydrogens (tertiary/aromatic N) is 2. The number of thioether (sulfide) groups is 1. The van der Waals surface area contributed by atoms with Gasteiger partial charge in [0.15, 0.2) is 0 Å². The summed E-state index contributed by atoms with van der Waals surface area (Å²) in [6.45, 7) is 5.38. The fraction of sp³-hybridized carbons (Fsp3) is 0.556. The van der Waals surface area contributed by atoms with E-state index in [0.717, 1.165) is 61.3 Å². The van der Waals surface area contributed by atoms with E-state index in [1.165, 1.54) is 0 Å². The molecule has 2 amide bonds.